The topological polar surface area (TPSA) is 62.5 Å². The maximum Gasteiger partial charge on any atom is 0.435 e. The Morgan fingerprint density at radius 1 is 1.45 bits per heavy atom. The van der Waals surface area contributed by atoms with Crippen molar-refractivity contribution in [1.29, 1.82) is 0 Å². The van der Waals surface area contributed by atoms with Crippen LogP contribution >= 0.6 is 0 Å². The normalized spacial score (nSPS) is 13.7. The molecule has 5 nitrogen and oxygen atoms in total. The van der Waals surface area contributed by atoms with E-state index < -0.39 is 11.9 Å². The van der Waals surface area contributed by atoms with Gasteiger partial charge < -0.3 is 10.4 Å². The van der Waals surface area contributed by atoms with E-state index in [1.54, 1.807) is 0 Å². The minimum absolute atomic E-state index is 0.00918. The first kappa shape index (κ1) is 14.6. The number of anilines is 1. The van der Waals surface area contributed by atoms with Crippen molar-refractivity contribution in [3.8, 4) is 0 Å². The van der Waals surface area contributed by atoms with Crippen molar-refractivity contribution in [2.24, 2.45) is 0 Å². The van der Waals surface area contributed by atoms with Crippen LogP contribution in [0.5, 0.6) is 0 Å². The number of hydrogen-bond acceptors (Lipinski definition) is 4. The van der Waals surface area contributed by atoms with E-state index in [1.807, 2.05) is 6.92 Å². The van der Waals surface area contributed by atoms with E-state index in [1.165, 1.54) is 12.4 Å². The van der Waals surface area contributed by atoms with Gasteiger partial charge in [-0.15, -0.1) is 0 Å². The molecule has 0 saturated heterocycles. The summed E-state index contributed by atoms with van der Waals surface area (Å²) in [5, 5.41) is 15.3. The van der Waals surface area contributed by atoms with E-state index in [4.69, 9.17) is 5.11 Å². The van der Waals surface area contributed by atoms with Crippen LogP contribution in [0.1, 0.15) is 25.5 Å². The molecule has 20 heavy (non-hydrogen) atoms. The van der Waals surface area contributed by atoms with Gasteiger partial charge in [-0.2, -0.15) is 18.3 Å². The lowest BCUT2D eigenvalue weighted by Crippen LogP contribution is -2.17. The molecule has 0 aliphatic carbocycles. The van der Waals surface area contributed by atoms with E-state index >= 15 is 0 Å². The first-order valence-corrected chi connectivity index (χ1v) is 6.21. The van der Waals surface area contributed by atoms with E-state index in [-0.39, 0.29) is 18.2 Å². The van der Waals surface area contributed by atoms with Gasteiger partial charge in [-0.05, 0) is 19.8 Å². The van der Waals surface area contributed by atoms with E-state index in [2.05, 4.69) is 15.4 Å². The molecular weight excluding hydrogens is 273 g/mol. The lowest BCUT2D eigenvalue weighted by Gasteiger charge is -2.14. The number of aromatic nitrogens is 3. The van der Waals surface area contributed by atoms with Gasteiger partial charge in [-0.1, -0.05) is 0 Å². The molecule has 2 heterocycles. The summed E-state index contributed by atoms with van der Waals surface area (Å²) in [5.74, 6) is 0.348. The van der Waals surface area contributed by atoms with Crippen LogP contribution in [-0.4, -0.2) is 32.4 Å². The van der Waals surface area contributed by atoms with E-state index in [0.29, 0.717) is 18.7 Å². The van der Waals surface area contributed by atoms with Gasteiger partial charge in [-0.3, -0.25) is 0 Å². The molecule has 2 aromatic heterocycles. The molecule has 0 aliphatic rings. The van der Waals surface area contributed by atoms with Crippen molar-refractivity contribution in [2.75, 3.05) is 11.9 Å². The average molecular weight is 288 g/mol. The van der Waals surface area contributed by atoms with Crippen LogP contribution in [0.3, 0.4) is 0 Å². The second kappa shape index (κ2) is 5.66. The Morgan fingerprint density at radius 2 is 2.20 bits per heavy atom. The zero-order valence-electron chi connectivity index (χ0n) is 10.9. The van der Waals surface area contributed by atoms with Crippen LogP contribution in [0.25, 0.3) is 5.52 Å². The van der Waals surface area contributed by atoms with Crippen LogP contribution in [0, 0.1) is 0 Å². The molecule has 1 atom stereocenters. The summed E-state index contributed by atoms with van der Waals surface area (Å²) in [6.45, 7) is 1.95. The number of hydrogen-bond donors (Lipinski definition) is 2. The maximum atomic E-state index is 12.6. The minimum atomic E-state index is -4.48. The molecular formula is C12H15F3N4O. The highest BCUT2D eigenvalue weighted by molar-refractivity contribution is 5.68. The van der Waals surface area contributed by atoms with Gasteiger partial charge in [0.2, 0.25) is 0 Å². The third-order valence-electron chi connectivity index (χ3n) is 2.86. The second-order valence-corrected chi connectivity index (χ2v) is 4.54. The molecule has 1 unspecified atom stereocenters. The van der Waals surface area contributed by atoms with Gasteiger partial charge in [0.05, 0.1) is 0 Å². The predicted octanol–water partition coefficient (Wildman–Crippen LogP) is 2.32. The summed E-state index contributed by atoms with van der Waals surface area (Å²) in [7, 11) is 0. The molecule has 0 spiro atoms. The first-order valence-electron chi connectivity index (χ1n) is 6.21. The first-order chi connectivity index (χ1) is 9.41. The van der Waals surface area contributed by atoms with Gasteiger partial charge >= 0.3 is 6.18 Å². The van der Waals surface area contributed by atoms with Crippen LogP contribution in [0.15, 0.2) is 18.5 Å². The fourth-order valence-corrected chi connectivity index (χ4v) is 1.87. The molecule has 0 aromatic carbocycles. The summed E-state index contributed by atoms with van der Waals surface area (Å²) in [4.78, 5) is 4.05. The summed E-state index contributed by atoms with van der Waals surface area (Å²) in [6.07, 6.45) is -0.412. The van der Waals surface area contributed by atoms with Crippen molar-refractivity contribution in [3.05, 3.63) is 24.2 Å². The molecule has 110 valence electrons. The van der Waals surface area contributed by atoms with Crippen LogP contribution < -0.4 is 5.32 Å². The number of aliphatic hydroxyl groups is 1. The Balaban J connectivity index is 2.27. The van der Waals surface area contributed by atoms with E-state index in [9.17, 15) is 13.2 Å². The Hall–Kier alpha value is -1.83. The Kier molecular flexibility index (Phi) is 4.12. The summed E-state index contributed by atoms with van der Waals surface area (Å²) >= 11 is 0. The number of nitrogens with zero attached hydrogens (tertiary/aromatic N) is 3. The number of fused-ring (bicyclic) bond motifs is 1. The largest absolute Gasteiger partial charge is 0.435 e. The number of halogens is 3. The van der Waals surface area contributed by atoms with Crippen molar-refractivity contribution in [2.45, 2.75) is 32.0 Å². The molecule has 2 rings (SSSR count). The molecule has 0 bridgehead atoms. The van der Waals surface area contributed by atoms with Crippen molar-refractivity contribution in [3.63, 3.8) is 0 Å². The van der Waals surface area contributed by atoms with Crippen molar-refractivity contribution in [1.82, 2.24) is 14.6 Å². The number of aliphatic hydroxyl groups excluding tert-OH is 1. The van der Waals surface area contributed by atoms with Gasteiger partial charge in [0, 0.05) is 31.1 Å². The molecule has 2 aromatic rings. The summed E-state index contributed by atoms with van der Waals surface area (Å²) in [5.41, 5.74) is -0.674. The Bertz CT molecular complexity index is 582. The standard InChI is InChI=1S/C12H15F3N4O/c1-8(3-2-6-20)17-11-9-7-10(12(13,14)15)18-19(9)5-4-16-11/h4-5,7-8,20H,2-3,6H2,1H3,(H,16,17). The third-order valence-corrected chi connectivity index (χ3v) is 2.86. The van der Waals surface area contributed by atoms with Crippen molar-refractivity contribution < 1.29 is 18.3 Å². The molecule has 0 amide bonds. The fourth-order valence-electron chi connectivity index (χ4n) is 1.87. The lowest BCUT2D eigenvalue weighted by molar-refractivity contribution is -0.141. The van der Waals surface area contributed by atoms with Gasteiger partial charge in [-0.25, -0.2) is 9.50 Å². The molecule has 0 aliphatic heterocycles. The summed E-state index contributed by atoms with van der Waals surface area (Å²) < 4.78 is 39.1. The second-order valence-electron chi connectivity index (χ2n) is 4.54. The van der Waals surface area contributed by atoms with Crippen LogP contribution in [-0.2, 0) is 6.18 Å². The van der Waals surface area contributed by atoms with E-state index in [0.717, 1.165) is 10.6 Å². The van der Waals surface area contributed by atoms with Crippen molar-refractivity contribution >= 4 is 11.3 Å². The third kappa shape index (κ3) is 3.19. The molecule has 0 saturated carbocycles. The maximum absolute atomic E-state index is 12.6. The molecule has 0 radical (unpaired) electrons. The van der Waals surface area contributed by atoms with Gasteiger partial charge in [0.25, 0.3) is 0 Å². The molecule has 0 fully saturated rings. The minimum Gasteiger partial charge on any atom is -0.396 e. The van der Waals surface area contributed by atoms with Crippen LogP contribution in [0.4, 0.5) is 19.0 Å². The SMILES string of the molecule is CC(CCCO)Nc1nccn2nc(C(F)(F)F)cc12. The zero-order chi connectivity index (χ0) is 14.8. The van der Waals surface area contributed by atoms with Crippen LogP contribution in [0.2, 0.25) is 0 Å². The lowest BCUT2D eigenvalue weighted by atomic mass is 10.2. The Labute approximate surface area is 113 Å². The predicted molar refractivity (Wildman–Crippen MR) is 67.4 cm³/mol. The summed E-state index contributed by atoms with van der Waals surface area (Å²) in [6, 6.07) is 0.957. The van der Waals surface area contributed by atoms with Gasteiger partial charge in [0.1, 0.15) is 5.52 Å². The van der Waals surface area contributed by atoms with Gasteiger partial charge in [0.15, 0.2) is 11.5 Å². The highest BCUT2D eigenvalue weighted by Crippen LogP contribution is 2.30. The number of alkyl halides is 3. The molecule has 2 N–H and O–H groups in total. The average Bonchev–Trinajstić information content (AvgIpc) is 2.81. The monoisotopic (exact) mass is 288 g/mol. The molecule has 8 heteroatoms. The number of rotatable bonds is 5. The zero-order valence-corrected chi connectivity index (χ0v) is 10.9. The quantitative estimate of drug-likeness (QED) is 0.886. The highest BCUT2D eigenvalue weighted by Gasteiger charge is 2.34. The highest BCUT2D eigenvalue weighted by atomic mass is 19.4. The Morgan fingerprint density at radius 3 is 2.85 bits per heavy atom. The fraction of sp³-hybridized carbons (Fsp3) is 0.500. The smallest absolute Gasteiger partial charge is 0.396 e. The number of nitrogens with one attached hydrogen (secondary N) is 1.